The van der Waals surface area contributed by atoms with E-state index in [1.54, 1.807) is 0 Å². The summed E-state index contributed by atoms with van der Waals surface area (Å²) in [7, 11) is 0. The first kappa shape index (κ1) is 10.8. The largest absolute Gasteiger partial charge is 0.318 e. The summed E-state index contributed by atoms with van der Waals surface area (Å²) in [6, 6.07) is 2.13. The molecule has 0 aliphatic rings. The van der Waals surface area contributed by atoms with E-state index < -0.39 is 0 Å². The van der Waals surface area contributed by atoms with Gasteiger partial charge < -0.3 is 4.57 Å². The molecule has 0 aliphatic carbocycles. The zero-order valence-electron chi connectivity index (χ0n) is 9.12. The molecule has 0 aromatic carbocycles. The van der Waals surface area contributed by atoms with Gasteiger partial charge in [0.1, 0.15) is 11.9 Å². The number of hydrogen-bond acceptors (Lipinski definition) is 2. The second kappa shape index (κ2) is 4.80. The number of nitrogens with zero attached hydrogens (tertiary/aromatic N) is 3. The van der Waals surface area contributed by atoms with Crippen molar-refractivity contribution in [2.75, 3.05) is 0 Å². The molecule has 3 nitrogen and oxygen atoms in total. The number of nitriles is 1. The molecule has 1 heterocycles. The van der Waals surface area contributed by atoms with Crippen LogP contribution in [-0.4, -0.2) is 9.55 Å². The number of aryl methyl sites for hydroxylation is 2. The zero-order chi connectivity index (χ0) is 10.6. The molecule has 0 fully saturated rings. The number of imidazole rings is 1. The van der Waals surface area contributed by atoms with E-state index in [4.69, 9.17) is 5.26 Å². The van der Waals surface area contributed by atoms with Gasteiger partial charge in [-0.05, 0) is 20.3 Å². The lowest BCUT2D eigenvalue weighted by atomic mass is 10.2. The summed E-state index contributed by atoms with van der Waals surface area (Å²) in [5.74, 6) is 1.04. The number of unbranched alkanes of at least 4 members (excludes halogenated alkanes) is 1. The summed E-state index contributed by atoms with van der Waals surface area (Å²) < 4.78 is 1.98. The van der Waals surface area contributed by atoms with Crippen LogP contribution >= 0.6 is 0 Å². The Morgan fingerprint density at radius 1 is 1.64 bits per heavy atom. The van der Waals surface area contributed by atoms with Gasteiger partial charge in [0.05, 0.1) is 11.8 Å². The molecule has 0 aliphatic heterocycles. The summed E-state index contributed by atoms with van der Waals surface area (Å²) in [4.78, 5) is 4.43. The van der Waals surface area contributed by atoms with Gasteiger partial charge in [-0.1, -0.05) is 13.3 Å². The van der Waals surface area contributed by atoms with Gasteiger partial charge in [-0.25, -0.2) is 4.98 Å². The van der Waals surface area contributed by atoms with Gasteiger partial charge in [-0.2, -0.15) is 5.26 Å². The lowest BCUT2D eigenvalue weighted by Gasteiger charge is -2.08. The van der Waals surface area contributed by atoms with Gasteiger partial charge in [-0.3, -0.25) is 0 Å². The van der Waals surface area contributed by atoms with Gasteiger partial charge in [0.15, 0.2) is 0 Å². The Morgan fingerprint density at radius 3 is 2.93 bits per heavy atom. The molecule has 0 N–H and O–H groups in total. The van der Waals surface area contributed by atoms with Crippen LogP contribution in [0.1, 0.15) is 44.2 Å². The van der Waals surface area contributed by atoms with Crippen molar-refractivity contribution in [3.05, 3.63) is 17.7 Å². The van der Waals surface area contributed by atoms with Crippen molar-refractivity contribution in [2.45, 2.75) is 46.1 Å². The molecule has 1 aromatic rings. The highest BCUT2D eigenvalue weighted by molar-refractivity contribution is 5.07. The maximum absolute atomic E-state index is 8.85. The minimum absolute atomic E-state index is 0.108. The second-order valence-electron chi connectivity index (χ2n) is 3.61. The smallest absolute Gasteiger partial charge is 0.119 e. The molecule has 0 saturated heterocycles. The third-order valence-corrected chi connectivity index (χ3v) is 2.29. The lowest BCUT2D eigenvalue weighted by Crippen LogP contribution is -2.06. The Kier molecular flexibility index (Phi) is 3.70. The molecular weight excluding hydrogens is 174 g/mol. The first-order valence-corrected chi connectivity index (χ1v) is 5.13. The van der Waals surface area contributed by atoms with Crippen LogP contribution in [0.2, 0.25) is 0 Å². The summed E-state index contributed by atoms with van der Waals surface area (Å²) in [6.07, 6.45) is 5.22. The van der Waals surface area contributed by atoms with E-state index in [1.165, 1.54) is 0 Å². The molecule has 76 valence electrons. The molecular formula is C11H17N3. The zero-order valence-corrected chi connectivity index (χ0v) is 9.12. The average Bonchev–Trinajstić information content (AvgIpc) is 2.55. The third-order valence-electron chi connectivity index (χ3n) is 2.29. The molecule has 0 spiro atoms. The van der Waals surface area contributed by atoms with E-state index in [0.29, 0.717) is 0 Å². The van der Waals surface area contributed by atoms with E-state index in [9.17, 15) is 0 Å². The van der Waals surface area contributed by atoms with Crippen LogP contribution in [0.15, 0.2) is 6.20 Å². The van der Waals surface area contributed by atoms with Crippen LogP contribution in [0.4, 0.5) is 0 Å². The minimum atomic E-state index is -0.108. The van der Waals surface area contributed by atoms with Crippen molar-refractivity contribution in [3.63, 3.8) is 0 Å². The fourth-order valence-corrected chi connectivity index (χ4v) is 1.48. The maximum atomic E-state index is 8.85. The fourth-order valence-electron chi connectivity index (χ4n) is 1.48. The van der Waals surface area contributed by atoms with E-state index >= 15 is 0 Å². The van der Waals surface area contributed by atoms with Crippen LogP contribution in [0.5, 0.6) is 0 Å². The standard InChI is InChI=1S/C11H17N3/c1-4-5-6-11-13-9(2)8-14(11)10(3)7-12/h8,10H,4-6H2,1-3H3. The van der Waals surface area contributed by atoms with Crippen molar-refractivity contribution in [1.82, 2.24) is 9.55 Å². The Balaban J connectivity index is 2.86. The Morgan fingerprint density at radius 2 is 2.36 bits per heavy atom. The van der Waals surface area contributed by atoms with Gasteiger partial charge in [0.2, 0.25) is 0 Å². The van der Waals surface area contributed by atoms with E-state index in [1.807, 2.05) is 24.6 Å². The number of aromatic nitrogens is 2. The summed E-state index contributed by atoms with van der Waals surface area (Å²) in [6.45, 7) is 6.03. The van der Waals surface area contributed by atoms with Crippen LogP contribution in [0, 0.1) is 18.3 Å². The summed E-state index contributed by atoms with van der Waals surface area (Å²) >= 11 is 0. The van der Waals surface area contributed by atoms with Crippen molar-refractivity contribution in [1.29, 1.82) is 5.26 Å². The van der Waals surface area contributed by atoms with Gasteiger partial charge in [0, 0.05) is 12.6 Å². The molecule has 3 heteroatoms. The minimum Gasteiger partial charge on any atom is -0.318 e. The molecule has 0 radical (unpaired) electrons. The molecule has 14 heavy (non-hydrogen) atoms. The molecule has 1 atom stereocenters. The molecule has 0 bridgehead atoms. The Hall–Kier alpha value is -1.30. The number of hydrogen-bond donors (Lipinski definition) is 0. The van der Waals surface area contributed by atoms with Crippen molar-refractivity contribution in [2.24, 2.45) is 0 Å². The predicted molar refractivity (Wildman–Crippen MR) is 55.9 cm³/mol. The Bertz CT molecular complexity index is 333. The first-order chi connectivity index (χ1) is 6.69. The Labute approximate surface area is 85.4 Å². The van der Waals surface area contributed by atoms with E-state index in [2.05, 4.69) is 18.0 Å². The van der Waals surface area contributed by atoms with Gasteiger partial charge >= 0.3 is 0 Å². The van der Waals surface area contributed by atoms with Crippen LogP contribution in [-0.2, 0) is 6.42 Å². The first-order valence-electron chi connectivity index (χ1n) is 5.13. The van der Waals surface area contributed by atoms with Crippen LogP contribution in [0.3, 0.4) is 0 Å². The van der Waals surface area contributed by atoms with Crippen molar-refractivity contribution >= 4 is 0 Å². The highest BCUT2D eigenvalue weighted by atomic mass is 15.1. The maximum Gasteiger partial charge on any atom is 0.119 e. The molecule has 1 aromatic heterocycles. The number of rotatable bonds is 4. The molecule has 0 saturated carbocycles. The van der Waals surface area contributed by atoms with Gasteiger partial charge in [-0.15, -0.1) is 0 Å². The van der Waals surface area contributed by atoms with Crippen LogP contribution < -0.4 is 0 Å². The topological polar surface area (TPSA) is 41.6 Å². The van der Waals surface area contributed by atoms with Crippen molar-refractivity contribution in [3.8, 4) is 6.07 Å². The monoisotopic (exact) mass is 191 g/mol. The third kappa shape index (κ3) is 2.35. The van der Waals surface area contributed by atoms with E-state index in [0.717, 1.165) is 30.8 Å². The predicted octanol–water partition coefficient (Wildman–Crippen LogP) is 2.62. The SMILES string of the molecule is CCCCc1nc(C)cn1C(C)C#N. The van der Waals surface area contributed by atoms with Crippen LogP contribution in [0.25, 0.3) is 0 Å². The summed E-state index contributed by atoms with van der Waals surface area (Å²) in [5.41, 5.74) is 0.998. The van der Waals surface area contributed by atoms with Crippen molar-refractivity contribution < 1.29 is 0 Å². The summed E-state index contributed by atoms with van der Waals surface area (Å²) in [5, 5.41) is 8.85. The second-order valence-corrected chi connectivity index (χ2v) is 3.61. The fraction of sp³-hybridized carbons (Fsp3) is 0.636. The average molecular weight is 191 g/mol. The van der Waals surface area contributed by atoms with E-state index in [-0.39, 0.29) is 6.04 Å². The quantitative estimate of drug-likeness (QED) is 0.734. The lowest BCUT2D eigenvalue weighted by molar-refractivity contribution is 0.611. The normalized spacial score (nSPS) is 12.4. The van der Waals surface area contributed by atoms with Gasteiger partial charge in [0.25, 0.3) is 0 Å². The molecule has 1 unspecified atom stereocenters. The molecule has 1 rings (SSSR count). The highest BCUT2D eigenvalue weighted by Gasteiger charge is 2.09. The molecule has 0 amide bonds. The highest BCUT2D eigenvalue weighted by Crippen LogP contribution is 2.12.